The van der Waals surface area contributed by atoms with E-state index in [-0.39, 0.29) is 0 Å². The maximum Gasteiger partial charge on any atom is 0.101 e. The lowest BCUT2D eigenvalue weighted by molar-refractivity contribution is 1.19. The van der Waals surface area contributed by atoms with Gasteiger partial charge in [0.25, 0.3) is 0 Å². The molecule has 0 atom stereocenters. The van der Waals surface area contributed by atoms with Crippen molar-refractivity contribution in [3.8, 4) is 6.07 Å². The number of anilines is 1. The van der Waals surface area contributed by atoms with E-state index in [4.69, 9.17) is 16.9 Å². The van der Waals surface area contributed by atoms with Crippen LogP contribution >= 0.6 is 38.9 Å². The molecule has 2 nitrogen and oxygen atoms in total. The standard InChI is InChI=1S/C12H8BrClN2S/c13-9-3-11(17-7-9)6-16-10-2-1-8(5-15)12(14)4-10/h1-4,7,16H,6H2. The van der Waals surface area contributed by atoms with E-state index >= 15 is 0 Å². The predicted molar refractivity (Wildman–Crippen MR) is 75.5 cm³/mol. The van der Waals surface area contributed by atoms with Gasteiger partial charge in [-0.3, -0.25) is 0 Å². The Morgan fingerprint density at radius 3 is 2.82 bits per heavy atom. The zero-order chi connectivity index (χ0) is 12.3. The van der Waals surface area contributed by atoms with Crippen LogP contribution in [0.4, 0.5) is 5.69 Å². The van der Waals surface area contributed by atoms with Crippen LogP contribution in [0.1, 0.15) is 10.4 Å². The van der Waals surface area contributed by atoms with Gasteiger partial charge >= 0.3 is 0 Å². The molecule has 1 aromatic heterocycles. The topological polar surface area (TPSA) is 35.8 Å². The summed E-state index contributed by atoms with van der Waals surface area (Å²) in [4.78, 5) is 1.23. The van der Waals surface area contributed by atoms with Crippen molar-refractivity contribution in [3.63, 3.8) is 0 Å². The molecule has 86 valence electrons. The fourth-order valence-corrected chi connectivity index (χ4v) is 2.96. The summed E-state index contributed by atoms with van der Waals surface area (Å²) in [6.07, 6.45) is 0. The highest BCUT2D eigenvalue weighted by molar-refractivity contribution is 9.10. The van der Waals surface area contributed by atoms with Crippen LogP contribution in [-0.4, -0.2) is 0 Å². The van der Waals surface area contributed by atoms with E-state index in [1.807, 2.05) is 17.5 Å². The second-order valence-electron chi connectivity index (χ2n) is 3.39. The minimum atomic E-state index is 0.477. The maximum atomic E-state index is 8.76. The Morgan fingerprint density at radius 2 is 2.24 bits per heavy atom. The molecule has 0 aliphatic heterocycles. The van der Waals surface area contributed by atoms with E-state index in [0.717, 1.165) is 16.7 Å². The van der Waals surface area contributed by atoms with Gasteiger partial charge in [-0.1, -0.05) is 11.6 Å². The van der Waals surface area contributed by atoms with Crippen LogP contribution in [0.5, 0.6) is 0 Å². The van der Waals surface area contributed by atoms with Crippen molar-refractivity contribution < 1.29 is 0 Å². The Bertz CT molecular complexity index is 574. The highest BCUT2D eigenvalue weighted by Crippen LogP contribution is 2.23. The van der Waals surface area contributed by atoms with Crippen molar-refractivity contribution >= 4 is 44.6 Å². The van der Waals surface area contributed by atoms with Crippen molar-refractivity contribution in [2.75, 3.05) is 5.32 Å². The molecule has 0 bridgehead atoms. The third-order valence-electron chi connectivity index (χ3n) is 2.18. The second kappa shape index (κ2) is 5.54. The summed E-state index contributed by atoms with van der Waals surface area (Å²) in [7, 11) is 0. The molecule has 0 unspecified atom stereocenters. The molecule has 17 heavy (non-hydrogen) atoms. The average Bonchev–Trinajstić information content (AvgIpc) is 2.73. The summed E-state index contributed by atoms with van der Waals surface area (Å²) in [5, 5.41) is 14.5. The minimum Gasteiger partial charge on any atom is -0.380 e. The molecule has 2 aromatic rings. The first-order valence-electron chi connectivity index (χ1n) is 4.85. The number of halogens is 2. The van der Waals surface area contributed by atoms with Gasteiger partial charge < -0.3 is 5.32 Å². The maximum absolute atomic E-state index is 8.76. The van der Waals surface area contributed by atoms with Gasteiger partial charge in [0, 0.05) is 27.0 Å². The van der Waals surface area contributed by atoms with Gasteiger partial charge in [0.15, 0.2) is 0 Å². The van der Waals surface area contributed by atoms with E-state index in [0.29, 0.717) is 10.6 Å². The zero-order valence-electron chi connectivity index (χ0n) is 8.71. The second-order valence-corrected chi connectivity index (χ2v) is 5.71. The largest absolute Gasteiger partial charge is 0.380 e. The van der Waals surface area contributed by atoms with Crippen molar-refractivity contribution in [2.45, 2.75) is 6.54 Å². The van der Waals surface area contributed by atoms with E-state index in [1.54, 1.807) is 23.5 Å². The van der Waals surface area contributed by atoms with Gasteiger partial charge in [-0.25, -0.2) is 0 Å². The minimum absolute atomic E-state index is 0.477. The van der Waals surface area contributed by atoms with Crippen LogP contribution in [0.2, 0.25) is 5.02 Å². The van der Waals surface area contributed by atoms with Crippen molar-refractivity contribution in [3.05, 3.63) is 49.6 Å². The highest BCUT2D eigenvalue weighted by Gasteiger charge is 2.02. The van der Waals surface area contributed by atoms with Gasteiger partial charge in [0.05, 0.1) is 10.6 Å². The molecule has 0 aliphatic rings. The molecule has 5 heteroatoms. The number of thiophene rings is 1. The van der Waals surface area contributed by atoms with Gasteiger partial charge in [-0.15, -0.1) is 11.3 Å². The quantitative estimate of drug-likeness (QED) is 0.891. The van der Waals surface area contributed by atoms with Crippen LogP contribution in [0.25, 0.3) is 0 Å². The van der Waals surface area contributed by atoms with Crippen LogP contribution in [0.3, 0.4) is 0 Å². The Kier molecular flexibility index (Phi) is 4.06. The molecule has 1 aromatic carbocycles. The Hall–Kier alpha value is -1.02. The van der Waals surface area contributed by atoms with E-state index in [2.05, 4.69) is 27.3 Å². The molecule has 0 fully saturated rings. The summed E-state index contributed by atoms with van der Waals surface area (Å²) in [6, 6.07) is 9.45. The van der Waals surface area contributed by atoms with Crippen LogP contribution in [0.15, 0.2) is 34.1 Å². The van der Waals surface area contributed by atoms with Gasteiger partial charge in [0.2, 0.25) is 0 Å². The third-order valence-corrected chi connectivity index (χ3v) is 4.19. The number of rotatable bonds is 3. The fourth-order valence-electron chi connectivity index (χ4n) is 1.35. The first-order chi connectivity index (χ1) is 8.19. The molecule has 0 aliphatic carbocycles. The molecular weight excluding hydrogens is 320 g/mol. The summed E-state index contributed by atoms with van der Waals surface area (Å²) < 4.78 is 1.09. The number of hydrogen-bond donors (Lipinski definition) is 1. The van der Waals surface area contributed by atoms with Crippen LogP contribution in [0, 0.1) is 11.3 Å². The SMILES string of the molecule is N#Cc1ccc(NCc2cc(Br)cs2)cc1Cl. The molecule has 0 saturated heterocycles. The summed E-state index contributed by atoms with van der Waals surface area (Å²) in [6.45, 7) is 0.749. The Morgan fingerprint density at radius 1 is 1.41 bits per heavy atom. The normalized spacial score (nSPS) is 9.94. The first kappa shape index (κ1) is 12.4. The van der Waals surface area contributed by atoms with Gasteiger partial charge in [-0.05, 0) is 40.2 Å². The molecule has 0 radical (unpaired) electrons. The lowest BCUT2D eigenvalue weighted by Crippen LogP contribution is -1.97. The predicted octanol–water partition coefficient (Wildman–Crippen LogP) is 4.65. The lowest BCUT2D eigenvalue weighted by Gasteiger charge is -2.05. The molecule has 0 amide bonds. The molecule has 1 N–H and O–H groups in total. The third kappa shape index (κ3) is 3.22. The monoisotopic (exact) mass is 326 g/mol. The molecular formula is C12H8BrClN2S. The summed E-state index contributed by atoms with van der Waals surface area (Å²) in [5.74, 6) is 0. The number of nitrogens with zero attached hydrogens (tertiary/aromatic N) is 1. The molecule has 2 rings (SSSR count). The Labute approximate surface area is 117 Å². The number of benzene rings is 1. The smallest absolute Gasteiger partial charge is 0.101 e. The molecule has 0 spiro atoms. The van der Waals surface area contributed by atoms with E-state index in [9.17, 15) is 0 Å². The van der Waals surface area contributed by atoms with E-state index < -0.39 is 0 Å². The number of hydrogen-bond acceptors (Lipinski definition) is 3. The Balaban J connectivity index is 2.05. The average molecular weight is 328 g/mol. The fraction of sp³-hybridized carbons (Fsp3) is 0.0833. The molecule has 1 heterocycles. The lowest BCUT2D eigenvalue weighted by atomic mass is 10.2. The zero-order valence-corrected chi connectivity index (χ0v) is 11.9. The van der Waals surface area contributed by atoms with Crippen molar-refractivity contribution in [1.29, 1.82) is 5.26 Å². The van der Waals surface area contributed by atoms with Gasteiger partial charge in [-0.2, -0.15) is 5.26 Å². The van der Waals surface area contributed by atoms with Crippen molar-refractivity contribution in [1.82, 2.24) is 0 Å². The number of nitrogens with one attached hydrogen (secondary N) is 1. The first-order valence-corrected chi connectivity index (χ1v) is 6.90. The summed E-state index contributed by atoms with van der Waals surface area (Å²) >= 11 is 11.0. The summed E-state index contributed by atoms with van der Waals surface area (Å²) in [5.41, 5.74) is 1.41. The van der Waals surface area contributed by atoms with Crippen LogP contribution in [-0.2, 0) is 6.54 Å². The van der Waals surface area contributed by atoms with E-state index in [1.165, 1.54) is 4.88 Å². The number of nitriles is 1. The highest BCUT2D eigenvalue weighted by atomic mass is 79.9. The molecule has 0 saturated carbocycles. The van der Waals surface area contributed by atoms with Crippen LogP contribution < -0.4 is 5.32 Å². The van der Waals surface area contributed by atoms with Crippen molar-refractivity contribution in [2.24, 2.45) is 0 Å². The van der Waals surface area contributed by atoms with Gasteiger partial charge in [0.1, 0.15) is 6.07 Å².